The van der Waals surface area contributed by atoms with Crippen molar-refractivity contribution in [1.82, 2.24) is 4.72 Å². The van der Waals surface area contributed by atoms with E-state index in [-0.39, 0.29) is 5.75 Å². The van der Waals surface area contributed by atoms with E-state index in [1.54, 1.807) is 18.2 Å². The minimum Gasteiger partial charge on any atom is -0.204 e. The zero-order valence-corrected chi connectivity index (χ0v) is 6.50. The first-order chi connectivity index (χ1) is 5.17. The van der Waals surface area contributed by atoms with Crippen LogP contribution in [0.4, 0.5) is 5.69 Å². The van der Waals surface area contributed by atoms with Gasteiger partial charge in [0, 0.05) is 0 Å². The minimum atomic E-state index is -3.18. The zero-order valence-electron chi connectivity index (χ0n) is 5.69. The summed E-state index contributed by atoms with van der Waals surface area (Å²) in [6, 6.07) is 7.08. The van der Waals surface area contributed by atoms with Crippen LogP contribution in [0.5, 0.6) is 0 Å². The predicted octanol–water partition coefficient (Wildman–Crippen LogP) is 0.766. The van der Waals surface area contributed by atoms with Crippen molar-refractivity contribution in [2.75, 3.05) is 0 Å². The number of hydrogen-bond donors (Lipinski definition) is 0. The number of benzene rings is 1. The molecule has 0 aliphatic carbocycles. The average molecular weight is 168 g/mol. The zero-order chi connectivity index (χ0) is 7.90. The molecule has 57 valence electrons. The summed E-state index contributed by atoms with van der Waals surface area (Å²) in [6.45, 7) is 0. The maximum Gasteiger partial charge on any atom is 0.257 e. The van der Waals surface area contributed by atoms with Crippen molar-refractivity contribution < 1.29 is 8.42 Å². The highest BCUT2D eigenvalue weighted by molar-refractivity contribution is 7.89. The lowest BCUT2D eigenvalue weighted by Gasteiger charge is -1.89. The van der Waals surface area contributed by atoms with E-state index in [0.29, 0.717) is 5.69 Å². The van der Waals surface area contributed by atoms with Crippen molar-refractivity contribution >= 4 is 15.7 Å². The van der Waals surface area contributed by atoms with Gasteiger partial charge < -0.3 is 0 Å². The van der Waals surface area contributed by atoms with Gasteiger partial charge in [-0.3, -0.25) is 0 Å². The van der Waals surface area contributed by atoms with E-state index < -0.39 is 10.0 Å². The topological polar surface area (TPSA) is 48.2 Å². The van der Waals surface area contributed by atoms with Crippen LogP contribution in [-0.2, 0) is 15.8 Å². The van der Waals surface area contributed by atoms with E-state index in [0.717, 1.165) is 5.56 Å². The van der Waals surface area contributed by atoms with Gasteiger partial charge in [0.2, 0.25) is 0 Å². The Morgan fingerprint density at radius 2 is 2.00 bits per heavy atom. The summed E-state index contributed by atoms with van der Waals surface area (Å²) in [6.07, 6.45) is 0. The Kier molecular flexibility index (Phi) is 1.20. The van der Waals surface area contributed by atoms with Gasteiger partial charge in [-0.05, 0) is 11.6 Å². The van der Waals surface area contributed by atoms with Crippen LogP contribution in [0.1, 0.15) is 5.56 Å². The number of rotatable bonds is 0. The van der Waals surface area contributed by atoms with Gasteiger partial charge in [-0.15, -0.1) is 0 Å². The molecule has 0 fully saturated rings. The molecule has 1 heterocycles. The Hall–Kier alpha value is -1.03. The lowest BCUT2D eigenvalue weighted by Crippen LogP contribution is -2.04. The average Bonchev–Trinajstić information content (AvgIpc) is 2.21. The van der Waals surface area contributed by atoms with Crippen molar-refractivity contribution in [2.45, 2.75) is 5.75 Å². The van der Waals surface area contributed by atoms with E-state index in [1.807, 2.05) is 6.07 Å². The fraction of sp³-hybridized carbons (Fsp3) is 0.143. The van der Waals surface area contributed by atoms with Gasteiger partial charge in [0.05, 0.1) is 11.4 Å². The molecule has 11 heavy (non-hydrogen) atoms. The van der Waals surface area contributed by atoms with Crippen LogP contribution in [0, 0.1) is 0 Å². The van der Waals surface area contributed by atoms with Crippen LogP contribution >= 0.6 is 0 Å². The smallest absolute Gasteiger partial charge is 0.204 e. The van der Waals surface area contributed by atoms with Gasteiger partial charge in [0.1, 0.15) is 0 Å². The Morgan fingerprint density at radius 1 is 1.27 bits per heavy atom. The van der Waals surface area contributed by atoms with Gasteiger partial charge in [-0.1, -0.05) is 18.2 Å². The van der Waals surface area contributed by atoms with Gasteiger partial charge in [0.25, 0.3) is 10.0 Å². The van der Waals surface area contributed by atoms with E-state index >= 15 is 0 Å². The first kappa shape index (κ1) is 6.67. The van der Waals surface area contributed by atoms with E-state index in [4.69, 9.17) is 0 Å². The Morgan fingerprint density at radius 3 is 2.73 bits per heavy atom. The molecule has 0 amide bonds. The first-order valence-corrected chi connectivity index (χ1v) is 4.82. The molecular weight excluding hydrogens is 162 g/mol. The minimum absolute atomic E-state index is 0.0587. The van der Waals surface area contributed by atoms with Crippen LogP contribution in [0.25, 0.3) is 0 Å². The Bertz CT molecular complexity index is 352. The molecule has 1 aliphatic rings. The highest BCUT2D eigenvalue weighted by atomic mass is 32.2. The molecule has 4 heteroatoms. The summed E-state index contributed by atoms with van der Waals surface area (Å²) in [5.41, 5.74) is 1.39. The molecule has 3 nitrogen and oxygen atoms in total. The summed E-state index contributed by atoms with van der Waals surface area (Å²) in [5, 5.41) is 0. The summed E-state index contributed by atoms with van der Waals surface area (Å²) < 4.78 is 25.4. The third kappa shape index (κ3) is 1.09. The molecule has 2 rings (SSSR count). The molecule has 0 unspecified atom stereocenters. The van der Waals surface area contributed by atoms with Crippen molar-refractivity contribution in [3.05, 3.63) is 29.8 Å². The van der Waals surface area contributed by atoms with Crippen LogP contribution in [-0.4, -0.2) is 8.42 Å². The monoisotopic (exact) mass is 168 g/mol. The molecule has 0 aromatic heterocycles. The van der Waals surface area contributed by atoms with E-state index in [2.05, 4.69) is 4.72 Å². The molecule has 1 aromatic rings. The summed E-state index contributed by atoms with van der Waals surface area (Å²) in [5.74, 6) is 0.0587. The molecule has 0 spiro atoms. The van der Waals surface area contributed by atoms with Gasteiger partial charge in [0.15, 0.2) is 0 Å². The predicted molar refractivity (Wildman–Crippen MR) is 40.9 cm³/mol. The highest BCUT2D eigenvalue weighted by Crippen LogP contribution is 2.25. The quantitative estimate of drug-likeness (QED) is 0.574. The van der Waals surface area contributed by atoms with Crippen molar-refractivity contribution in [1.29, 1.82) is 0 Å². The third-order valence-electron chi connectivity index (χ3n) is 1.57. The molecule has 0 saturated carbocycles. The Balaban J connectivity index is 2.57. The Labute approximate surface area is 65.1 Å². The molecule has 0 atom stereocenters. The number of fused-ring (bicyclic) bond motifs is 1. The molecular formula is C7H6NO2S. The van der Waals surface area contributed by atoms with Crippen molar-refractivity contribution in [3.8, 4) is 0 Å². The van der Waals surface area contributed by atoms with Crippen LogP contribution in [0.2, 0.25) is 0 Å². The third-order valence-corrected chi connectivity index (χ3v) is 2.72. The van der Waals surface area contributed by atoms with Gasteiger partial charge in [-0.25, -0.2) is 8.42 Å². The second kappa shape index (κ2) is 1.98. The number of hydrogen-bond acceptors (Lipinski definition) is 2. The fourth-order valence-corrected chi connectivity index (χ4v) is 2.28. The van der Waals surface area contributed by atoms with Crippen molar-refractivity contribution in [2.24, 2.45) is 0 Å². The summed E-state index contributed by atoms with van der Waals surface area (Å²) in [7, 11) is -3.18. The molecule has 0 saturated heterocycles. The van der Waals surface area contributed by atoms with Crippen LogP contribution < -0.4 is 4.72 Å². The van der Waals surface area contributed by atoms with Crippen molar-refractivity contribution in [3.63, 3.8) is 0 Å². The molecule has 1 aliphatic heterocycles. The highest BCUT2D eigenvalue weighted by Gasteiger charge is 2.24. The second-order valence-corrected chi connectivity index (χ2v) is 4.08. The lowest BCUT2D eigenvalue weighted by atomic mass is 10.2. The second-order valence-electron chi connectivity index (χ2n) is 2.45. The standard InChI is InChI=1S/C7H6NO2S/c9-11(10)5-6-3-1-2-4-7(6)8-11/h1-4H,5H2. The molecule has 1 radical (unpaired) electrons. The maximum atomic E-state index is 10.9. The SMILES string of the molecule is O=S1(=O)Cc2ccccc2[N]1. The lowest BCUT2D eigenvalue weighted by molar-refractivity contribution is 0.593. The summed E-state index contributed by atoms with van der Waals surface area (Å²) >= 11 is 0. The van der Waals surface area contributed by atoms with Gasteiger partial charge >= 0.3 is 0 Å². The molecule has 1 aromatic carbocycles. The fourth-order valence-electron chi connectivity index (χ4n) is 1.10. The summed E-state index contributed by atoms with van der Waals surface area (Å²) in [4.78, 5) is 0. The largest absolute Gasteiger partial charge is 0.257 e. The first-order valence-electron chi connectivity index (χ1n) is 3.21. The number of nitrogens with zero attached hydrogens (tertiary/aromatic N) is 1. The molecule has 0 N–H and O–H groups in total. The normalized spacial score (nSPS) is 18.9. The number of sulfonamides is 1. The van der Waals surface area contributed by atoms with Gasteiger partial charge in [-0.2, -0.15) is 4.72 Å². The van der Waals surface area contributed by atoms with E-state index in [1.165, 1.54) is 0 Å². The van der Waals surface area contributed by atoms with Crippen LogP contribution in [0.15, 0.2) is 24.3 Å². The maximum absolute atomic E-state index is 10.9. The molecule has 0 bridgehead atoms. The van der Waals surface area contributed by atoms with E-state index in [9.17, 15) is 8.42 Å². The van der Waals surface area contributed by atoms with Crippen LogP contribution in [0.3, 0.4) is 0 Å².